The molecule has 0 aliphatic heterocycles. The first-order chi connectivity index (χ1) is 7.44. The largest absolute Gasteiger partial charge is 0.299 e. The third kappa shape index (κ3) is 3.47. The van der Waals surface area contributed by atoms with Crippen molar-refractivity contribution in [2.75, 3.05) is 4.72 Å². The van der Waals surface area contributed by atoms with Gasteiger partial charge in [-0.25, -0.2) is 0 Å². The third-order valence-corrected chi connectivity index (χ3v) is 3.80. The highest BCUT2D eigenvalue weighted by Crippen LogP contribution is 2.22. The molecule has 0 saturated heterocycles. The van der Waals surface area contributed by atoms with Gasteiger partial charge in [-0.1, -0.05) is 15.9 Å². The maximum Gasteiger partial charge on any atom is 0.299 e. The molecule has 16 heavy (non-hydrogen) atoms. The monoisotopic (exact) mass is 304 g/mol. The van der Waals surface area contributed by atoms with E-state index in [1.54, 1.807) is 12.1 Å². The molecule has 1 aromatic carbocycles. The highest BCUT2D eigenvalue weighted by Gasteiger charge is 2.26. The van der Waals surface area contributed by atoms with E-state index in [1.165, 1.54) is 0 Å². The maximum atomic E-state index is 11.6. The van der Waals surface area contributed by atoms with Crippen LogP contribution >= 0.6 is 15.9 Å². The zero-order valence-corrected chi connectivity index (χ0v) is 11.2. The molecule has 0 atom stereocenters. The fourth-order valence-electron chi connectivity index (χ4n) is 1.40. The zero-order chi connectivity index (χ0) is 11.8. The van der Waals surface area contributed by atoms with Gasteiger partial charge in [-0.2, -0.15) is 13.1 Å². The van der Waals surface area contributed by atoms with Crippen molar-refractivity contribution in [1.29, 1.82) is 0 Å². The van der Waals surface area contributed by atoms with Gasteiger partial charge in [0.25, 0.3) is 10.2 Å². The Bertz CT molecular complexity index is 477. The molecule has 6 heteroatoms. The first-order valence-corrected chi connectivity index (χ1v) is 7.29. The normalized spacial score (nSPS) is 16.1. The molecular formula is C10H13BrN2O2S. The molecule has 1 aliphatic carbocycles. The molecule has 1 saturated carbocycles. The summed E-state index contributed by atoms with van der Waals surface area (Å²) >= 11 is 3.33. The Labute approximate surface area is 104 Å². The van der Waals surface area contributed by atoms with Crippen LogP contribution in [0.2, 0.25) is 0 Å². The second-order valence-corrected chi connectivity index (χ2v) is 6.38. The van der Waals surface area contributed by atoms with Crippen molar-refractivity contribution in [3.05, 3.63) is 28.2 Å². The second-order valence-electron chi connectivity index (χ2n) is 4.01. The van der Waals surface area contributed by atoms with E-state index < -0.39 is 10.2 Å². The van der Waals surface area contributed by atoms with Crippen LogP contribution in [-0.4, -0.2) is 14.5 Å². The van der Waals surface area contributed by atoms with Crippen LogP contribution in [0.4, 0.5) is 5.69 Å². The van der Waals surface area contributed by atoms with Crippen LogP contribution < -0.4 is 9.44 Å². The number of rotatable bonds is 4. The number of anilines is 1. The Kier molecular flexibility index (Phi) is 3.23. The summed E-state index contributed by atoms with van der Waals surface area (Å²) < 4.78 is 29.2. The predicted molar refractivity (Wildman–Crippen MR) is 67.6 cm³/mol. The van der Waals surface area contributed by atoms with Crippen LogP contribution in [0.5, 0.6) is 0 Å². The summed E-state index contributed by atoms with van der Waals surface area (Å²) in [6.07, 6.45) is 1.86. The Hall–Kier alpha value is -0.590. The molecule has 0 amide bonds. The van der Waals surface area contributed by atoms with E-state index in [1.807, 2.05) is 13.0 Å². The fourth-order valence-corrected chi connectivity index (χ4v) is 3.17. The lowest BCUT2D eigenvalue weighted by atomic mass is 10.2. The van der Waals surface area contributed by atoms with Crippen LogP contribution in [0.3, 0.4) is 0 Å². The molecular weight excluding hydrogens is 292 g/mol. The van der Waals surface area contributed by atoms with Gasteiger partial charge in [-0.15, -0.1) is 0 Å². The first kappa shape index (κ1) is 11.9. The summed E-state index contributed by atoms with van der Waals surface area (Å²) in [7, 11) is -3.43. The average Bonchev–Trinajstić information content (AvgIpc) is 2.83. The molecule has 2 N–H and O–H groups in total. The topological polar surface area (TPSA) is 58.2 Å². The van der Waals surface area contributed by atoms with Crippen molar-refractivity contribution in [2.24, 2.45) is 0 Å². The Morgan fingerprint density at radius 3 is 2.56 bits per heavy atom. The van der Waals surface area contributed by atoms with E-state index in [4.69, 9.17) is 0 Å². The third-order valence-electron chi connectivity index (χ3n) is 2.19. The molecule has 1 aromatic rings. The molecule has 88 valence electrons. The van der Waals surface area contributed by atoms with E-state index in [0.29, 0.717) is 5.69 Å². The molecule has 0 radical (unpaired) electrons. The molecule has 0 unspecified atom stereocenters. The SMILES string of the molecule is Cc1cc(Br)cc(NS(=O)(=O)NC2CC2)c1. The molecule has 2 rings (SSSR count). The first-order valence-electron chi connectivity index (χ1n) is 5.02. The quantitative estimate of drug-likeness (QED) is 0.895. The van der Waals surface area contributed by atoms with Gasteiger partial charge in [0.2, 0.25) is 0 Å². The van der Waals surface area contributed by atoms with Gasteiger partial charge < -0.3 is 0 Å². The van der Waals surface area contributed by atoms with E-state index in [9.17, 15) is 8.42 Å². The van der Waals surface area contributed by atoms with E-state index in [0.717, 1.165) is 22.9 Å². The van der Waals surface area contributed by atoms with Crippen molar-refractivity contribution in [2.45, 2.75) is 25.8 Å². The summed E-state index contributed by atoms with van der Waals surface area (Å²) in [5.74, 6) is 0. The fraction of sp³-hybridized carbons (Fsp3) is 0.400. The number of benzene rings is 1. The van der Waals surface area contributed by atoms with Crippen LogP contribution in [0.15, 0.2) is 22.7 Å². The average molecular weight is 305 g/mol. The van der Waals surface area contributed by atoms with Crippen molar-refractivity contribution >= 4 is 31.8 Å². The van der Waals surface area contributed by atoms with Crippen LogP contribution in [-0.2, 0) is 10.2 Å². The molecule has 0 aromatic heterocycles. The number of hydrogen-bond acceptors (Lipinski definition) is 2. The lowest BCUT2D eigenvalue weighted by molar-refractivity contribution is 0.586. The van der Waals surface area contributed by atoms with Crippen molar-refractivity contribution < 1.29 is 8.42 Å². The standard InChI is InChI=1S/C10H13BrN2O2S/c1-7-4-8(11)6-10(5-7)13-16(14,15)12-9-2-3-9/h4-6,9,12-13H,2-3H2,1H3. The second kappa shape index (κ2) is 4.35. The number of aryl methyl sites for hydroxylation is 1. The summed E-state index contributed by atoms with van der Waals surface area (Å²) in [6.45, 7) is 1.91. The summed E-state index contributed by atoms with van der Waals surface area (Å²) in [5, 5.41) is 0. The Balaban J connectivity index is 2.12. The van der Waals surface area contributed by atoms with E-state index >= 15 is 0 Å². The van der Waals surface area contributed by atoms with Crippen molar-refractivity contribution in [3.8, 4) is 0 Å². The summed E-state index contributed by atoms with van der Waals surface area (Å²) in [4.78, 5) is 0. The minimum absolute atomic E-state index is 0.116. The predicted octanol–water partition coefficient (Wildman–Crippen LogP) is 2.17. The lowest BCUT2D eigenvalue weighted by Crippen LogP contribution is -2.31. The Morgan fingerprint density at radius 2 is 2.00 bits per heavy atom. The molecule has 0 spiro atoms. The van der Waals surface area contributed by atoms with Gasteiger partial charge in [0.1, 0.15) is 0 Å². The molecule has 1 fully saturated rings. The van der Waals surface area contributed by atoms with E-state index in [2.05, 4.69) is 25.4 Å². The van der Waals surface area contributed by atoms with Gasteiger partial charge in [0, 0.05) is 10.5 Å². The highest BCUT2D eigenvalue weighted by molar-refractivity contribution is 9.10. The van der Waals surface area contributed by atoms with Crippen LogP contribution in [0.1, 0.15) is 18.4 Å². The molecule has 0 heterocycles. The van der Waals surface area contributed by atoms with Crippen LogP contribution in [0.25, 0.3) is 0 Å². The van der Waals surface area contributed by atoms with Crippen molar-refractivity contribution in [1.82, 2.24) is 4.72 Å². The Morgan fingerprint density at radius 1 is 1.31 bits per heavy atom. The maximum absolute atomic E-state index is 11.6. The van der Waals surface area contributed by atoms with E-state index in [-0.39, 0.29) is 6.04 Å². The van der Waals surface area contributed by atoms with Gasteiger partial charge >= 0.3 is 0 Å². The smallest absolute Gasteiger partial charge is 0.271 e. The van der Waals surface area contributed by atoms with Crippen molar-refractivity contribution in [3.63, 3.8) is 0 Å². The minimum atomic E-state index is -3.43. The van der Waals surface area contributed by atoms with Gasteiger partial charge in [0.05, 0.1) is 5.69 Å². The minimum Gasteiger partial charge on any atom is -0.271 e. The molecule has 0 bridgehead atoms. The lowest BCUT2D eigenvalue weighted by Gasteiger charge is -2.09. The van der Waals surface area contributed by atoms with Gasteiger partial charge in [0.15, 0.2) is 0 Å². The number of hydrogen-bond donors (Lipinski definition) is 2. The summed E-state index contributed by atoms with van der Waals surface area (Å²) in [5.41, 5.74) is 1.57. The molecule has 1 aliphatic rings. The highest BCUT2D eigenvalue weighted by atomic mass is 79.9. The van der Waals surface area contributed by atoms with Gasteiger partial charge in [-0.3, -0.25) is 4.72 Å². The number of nitrogens with one attached hydrogen (secondary N) is 2. The molecule has 4 nitrogen and oxygen atoms in total. The summed E-state index contributed by atoms with van der Waals surface area (Å²) in [6, 6.07) is 5.56. The number of halogens is 1. The zero-order valence-electron chi connectivity index (χ0n) is 8.83. The van der Waals surface area contributed by atoms with Crippen LogP contribution in [0, 0.1) is 6.92 Å². The van der Waals surface area contributed by atoms with Gasteiger partial charge in [-0.05, 0) is 43.5 Å².